The molecule has 0 saturated heterocycles. The maximum Gasteiger partial charge on any atom is 0.316 e. The summed E-state index contributed by atoms with van der Waals surface area (Å²) in [4.78, 5) is 15.4. The Morgan fingerprint density at radius 3 is 2.57 bits per heavy atom. The van der Waals surface area contributed by atoms with Gasteiger partial charge in [-0.25, -0.2) is 0 Å². The van der Waals surface area contributed by atoms with Crippen molar-refractivity contribution < 1.29 is 14.4 Å². The van der Waals surface area contributed by atoms with Crippen LogP contribution in [-0.2, 0) is 10.5 Å². The summed E-state index contributed by atoms with van der Waals surface area (Å²) in [6, 6.07) is 7.84. The quantitative estimate of drug-likeness (QED) is 0.881. The first kappa shape index (κ1) is 15.6. The summed E-state index contributed by atoms with van der Waals surface area (Å²) in [5.41, 5.74) is 2.05. The van der Waals surface area contributed by atoms with Crippen LogP contribution >= 0.6 is 11.8 Å². The van der Waals surface area contributed by atoms with E-state index in [9.17, 15) is 4.79 Å². The van der Waals surface area contributed by atoms with E-state index < -0.39 is 11.2 Å². The lowest BCUT2D eigenvalue weighted by atomic mass is 10.1. The van der Waals surface area contributed by atoms with Gasteiger partial charge in [-0.2, -0.15) is 4.98 Å². The summed E-state index contributed by atoms with van der Waals surface area (Å²) in [6.45, 7) is 5.79. The molecule has 6 heteroatoms. The summed E-state index contributed by atoms with van der Waals surface area (Å²) < 4.78 is 5.18. The zero-order chi connectivity index (χ0) is 15.4. The maximum atomic E-state index is 11.1. The average molecular weight is 306 g/mol. The Balaban J connectivity index is 2.03. The number of carboxylic acid groups (broad SMARTS) is 1. The highest BCUT2D eigenvalue weighted by molar-refractivity contribution is 7.99. The number of hydrogen-bond acceptors (Lipinski definition) is 5. The van der Waals surface area contributed by atoms with Gasteiger partial charge >= 0.3 is 5.97 Å². The van der Waals surface area contributed by atoms with Crippen LogP contribution in [0.3, 0.4) is 0 Å². The molecule has 5 nitrogen and oxygen atoms in total. The molecule has 1 atom stereocenters. The lowest BCUT2D eigenvalue weighted by Gasteiger charge is -2.13. The molecule has 2 aromatic rings. The maximum absolute atomic E-state index is 11.1. The van der Waals surface area contributed by atoms with Crippen LogP contribution in [0.25, 0.3) is 11.4 Å². The summed E-state index contributed by atoms with van der Waals surface area (Å²) >= 11 is 1.31. The SMILES string of the molecule is Cc1ccc(-c2noc(CSC(C(=O)O)C(C)C)n2)cc1. The zero-order valence-corrected chi connectivity index (χ0v) is 13.1. The van der Waals surface area contributed by atoms with E-state index in [1.165, 1.54) is 17.3 Å². The van der Waals surface area contributed by atoms with Gasteiger partial charge in [-0.15, -0.1) is 11.8 Å². The molecule has 21 heavy (non-hydrogen) atoms. The topological polar surface area (TPSA) is 76.2 Å². The van der Waals surface area contributed by atoms with E-state index >= 15 is 0 Å². The fraction of sp³-hybridized carbons (Fsp3) is 0.400. The van der Waals surface area contributed by atoms with Gasteiger partial charge in [-0.1, -0.05) is 48.8 Å². The molecule has 1 aromatic carbocycles. The molecule has 0 fully saturated rings. The van der Waals surface area contributed by atoms with Gasteiger partial charge in [0.05, 0.1) is 5.75 Å². The number of thioether (sulfide) groups is 1. The van der Waals surface area contributed by atoms with Gasteiger partial charge in [0.15, 0.2) is 0 Å². The highest BCUT2D eigenvalue weighted by Crippen LogP contribution is 2.24. The van der Waals surface area contributed by atoms with Crippen molar-refractivity contribution in [1.29, 1.82) is 0 Å². The monoisotopic (exact) mass is 306 g/mol. The third-order valence-corrected chi connectivity index (χ3v) is 4.53. The van der Waals surface area contributed by atoms with Crippen molar-refractivity contribution in [3.05, 3.63) is 35.7 Å². The van der Waals surface area contributed by atoms with Gasteiger partial charge in [-0.05, 0) is 12.8 Å². The number of rotatable bonds is 6. The first-order valence-electron chi connectivity index (χ1n) is 6.71. The minimum atomic E-state index is -0.812. The van der Waals surface area contributed by atoms with Gasteiger partial charge in [-0.3, -0.25) is 4.79 Å². The number of benzene rings is 1. The average Bonchev–Trinajstić information content (AvgIpc) is 2.87. The minimum absolute atomic E-state index is 0.0481. The predicted octanol–water partition coefficient (Wildman–Crippen LogP) is 3.39. The molecule has 0 bridgehead atoms. The van der Waals surface area contributed by atoms with E-state index in [4.69, 9.17) is 9.63 Å². The number of aliphatic carboxylic acids is 1. The van der Waals surface area contributed by atoms with Crippen molar-refractivity contribution in [3.8, 4) is 11.4 Å². The Bertz CT molecular complexity index is 608. The van der Waals surface area contributed by atoms with E-state index in [1.807, 2.05) is 45.0 Å². The molecule has 1 N–H and O–H groups in total. The molecule has 0 aliphatic heterocycles. The van der Waals surface area contributed by atoms with Crippen molar-refractivity contribution >= 4 is 17.7 Å². The predicted molar refractivity (Wildman–Crippen MR) is 82.0 cm³/mol. The van der Waals surface area contributed by atoms with E-state index in [0.717, 1.165) is 5.56 Å². The van der Waals surface area contributed by atoms with E-state index in [2.05, 4.69) is 10.1 Å². The lowest BCUT2D eigenvalue weighted by molar-refractivity contribution is -0.137. The Hall–Kier alpha value is -1.82. The Morgan fingerprint density at radius 1 is 1.33 bits per heavy atom. The molecule has 1 aromatic heterocycles. The summed E-state index contributed by atoms with van der Waals surface area (Å²) in [7, 11) is 0. The number of aryl methyl sites for hydroxylation is 1. The highest BCUT2D eigenvalue weighted by Gasteiger charge is 2.23. The Labute approximate surface area is 127 Å². The van der Waals surface area contributed by atoms with Crippen LogP contribution in [0.1, 0.15) is 25.3 Å². The molecule has 2 rings (SSSR count). The molecule has 0 amide bonds. The van der Waals surface area contributed by atoms with Crippen LogP contribution in [0.2, 0.25) is 0 Å². The molecule has 1 heterocycles. The fourth-order valence-corrected chi connectivity index (χ4v) is 2.81. The number of hydrogen-bond donors (Lipinski definition) is 1. The molecule has 0 saturated carbocycles. The second-order valence-electron chi connectivity index (χ2n) is 5.19. The molecule has 0 spiro atoms. The van der Waals surface area contributed by atoms with Crippen molar-refractivity contribution in [1.82, 2.24) is 10.1 Å². The van der Waals surface area contributed by atoms with Crippen LogP contribution in [0.5, 0.6) is 0 Å². The van der Waals surface area contributed by atoms with Gasteiger partial charge in [0, 0.05) is 5.56 Å². The number of carbonyl (C=O) groups is 1. The van der Waals surface area contributed by atoms with Crippen LogP contribution in [-0.4, -0.2) is 26.5 Å². The Morgan fingerprint density at radius 2 is 2.00 bits per heavy atom. The van der Waals surface area contributed by atoms with E-state index in [1.54, 1.807) is 0 Å². The van der Waals surface area contributed by atoms with Gasteiger partial charge in [0.25, 0.3) is 0 Å². The summed E-state index contributed by atoms with van der Waals surface area (Å²) in [6.07, 6.45) is 0. The zero-order valence-electron chi connectivity index (χ0n) is 12.2. The first-order valence-corrected chi connectivity index (χ1v) is 7.76. The minimum Gasteiger partial charge on any atom is -0.480 e. The van der Waals surface area contributed by atoms with Crippen molar-refractivity contribution in [2.75, 3.05) is 0 Å². The number of nitrogens with zero attached hydrogens (tertiary/aromatic N) is 2. The molecular formula is C15H18N2O3S. The van der Waals surface area contributed by atoms with Crippen LogP contribution in [0.15, 0.2) is 28.8 Å². The third-order valence-electron chi connectivity index (χ3n) is 3.01. The number of aromatic nitrogens is 2. The van der Waals surface area contributed by atoms with Crippen molar-refractivity contribution in [3.63, 3.8) is 0 Å². The second kappa shape index (κ2) is 6.76. The van der Waals surface area contributed by atoms with Crippen LogP contribution in [0.4, 0.5) is 0 Å². The fourth-order valence-electron chi connectivity index (χ4n) is 1.84. The van der Waals surface area contributed by atoms with Gasteiger partial charge in [0.1, 0.15) is 5.25 Å². The standard InChI is InChI=1S/C15H18N2O3S/c1-9(2)13(15(18)19)21-8-12-16-14(17-20-12)11-6-4-10(3)5-7-11/h4-7,9,13H,8H2,1-3H3,(H,18,19). The normalized spacial score (nSPS) is 12.6. The van der Waals surface area contributed by atoms with Gasteiger partial charge in [0.2, 0.25) is 11.7 Å². The molecule has 0 aliphatic carbocycles. The van der Waals surface area contributed by atoms with E-state index in [0.29, 0.717) is 17.5 Å². The molecule has 0 aliphatic rings. The number of carboxylic acids is 1. The largest absolute Gasteiger partial charge is 0.480 e. The highest BCUT2D eigenvalue weighted by atomic mass is 32.2. The molecule has 0 radical (unpaired) electrons. The van der Waals surface area contributed by atoms with Crippen molar-refractivity contribution in [2.45, 2.75) is 31.8 Å². The summed E-state index contributed by atoms with van der Waals surface area (Å²) in [5, 5.41) is 12.6. The Kier molecular flexibility index (Phi) is 5.01. The molecule has 112 valence electrons. The van der Waals surface area contributed by atoms with Crippen LogP contribution < -0.4 is 0 Å². The van der Waals surface area contributed by atoms with Crippen LogP contribution in [0, 0.1) is 12.8 Å². The summed E-state index contributed by atoms with van der Waals surface area (Å²) in [5.74, 6) is 0.610. The molecular weight excluding hydrogens is 288 g/mol. The third kappa shape index (κ3) is 4.07. The second-order valence-corrected chi connectivity index (χ2v) is 6.32. The lowest BCUT2D eigenvalue weighted by Crippen LogP contribution is -2.22. The van der Waals surface area contributed by atoms with Gasteiger partial charge < -0.3 is 9.63 Å². The van der Waals surface area contributed by atoms with E-state index in [-0.39, 0.29) is 5.92 Å². The first-order chi connectivity index (χ1) is 9.97. The smallest absolute Gasteiger partial charge is 0.316 e. The molecule has 1 unspecified atom stereocenters. The van der Waals surface area contributed by atoms with Crippen molar-refractivity contribution in [2.24, 2.45) is 5.92 Å².